The van der Waals surface area contributed by atoms with Crippen molar-refractivity contribution in [1.82, 2.24) is 24.6 Å². The van der Waals surface area contributed by atoms with Crippen LogP contribution in [0.15, 0.2) is 42.9 Å². The van der Waals surface area contributed by atoms with E-state index in [4.69, 9.17) is 0 Å². The Morgan fingerprint density at radius 3 is 2.59 bits per heavy atom. The molecule has 3 aromatic rings. The highest BCUT2D eigenvalue weighted by molar-refractivity contribution is 5.96. The Bertz CT molecular complexity index is 959. The summed E-state index contributed by atoms with van der Waals surface area (Å²) in [5.41, 5.74) is 3.37. The summed E-state index contributed by atoms with van der Waals surface area (Å²) in [6.45, 7) is 1.77. The zero-order valence-electron chi connectivity index (χ0n) is 15.1. The van der Waals surface area contributed by atoms with Gasteiger partial charge < -0.3 is 9.80 Å². The average molecular weight is 366 g/mol. The fourth-order valence-corrected chi connectivity index (χ4v) is 3.14. The van der Waals surface area contributed by atoms with Crippen molar-refractivity contribution >= 4 is 11.7 Å². The maximum Gasteiger partial charge on any atom is 0.275 e. The SMILES string of the molecule is CN(C)C(=O)c1nccnc1N1Cc2cn(Cc3ccc(F)cc3)nc2C1. The predicted octanol–water partition coefficient (Wildman–Crippen LogP) is 2.08. The molecule has 0 spiro atoms. The number of amides is 1. The molecule has 0 saturated carbocycles. The first kappa shape index (κ1) is 17.1. The van der Waals surface area contributed by atoms with Crippen molar-refractivity contribution in [3.05, 3.63) is 71.2 Å². The molecule has 138 valence electrons. The van der Waals surface area contributed by atoms with Gasteiger partial charge in [0.1, 0.15) is 5.82 Å². The number of benzene rings is 1. The van der Waals surface area contributed by atoms with Crippen LogP contribution in [0.2, 0.25) is 0 Å². The van der Waals surface area contributed by atoms with Gasteiger partial charge >= 0.3 is 0 Å². The number of fused-ring (bicyclic) bond motifs is 1. The number of carbonyl (C=O) groups is 1. The van der Waals surface area contributed by atoms with Crippen LogP contribution in [-0.2, 0) is 19.6 Å². The standard InChI is InChI=1S/C19H19FN6O/c1-24(2)19(27)17-18(22-8-7-21-17)25-10-14-11-26(23-16(14)12-25)9-13-3-5-15(20)6-4-13/h3-8,11H,9-10,12H2,1-2H3. The summed E-state index contributed by atoms with van der Waals surface area (Å²) in [6.07, 6.45) is 5.10. The summed E-state index contributed by atoms with van der Waals surface area (Å²) in [7, 11) is 3.39. The van der Waals surface area contributed by atoms with E-state index in [1.165, 1.54) is 23.2 Å². The van der Waals surface area contributed by atoms with Gasteiger partial charge in [-0.2, -0.15) is 5.10 Å². The van der Waals surface area contributed by atoms with Gasteiger partial charge in [-0.05, 0) is 17.7 Å². The Hall–Kier alpha value is -3.29. The molecule has 8 heteroatoms. The van der Waals surface area contributed by atoms with Crippen LogP contribution >= 0.6 is 0 Å². The lowest BCUT2D eigenvalue weighted by atomic mass is 10.2. The average Bonchev–Trinajstić information content (AvgIpc) is 3.21. The summed E-state index contributed by atoms with van der Waals surface area (Å²) in [5, 5.41) is 4.63. The van der Waals surface area contributed by atoms with Crippen LogP contribution in [0.5, 0.6) is 0 Å². The Balaban J connectivity index is 1.52. The minimum atomic E-state index is -0.246. The summed E-state index contributed by atoms with van der Waals surface area (Å²) in [6, 6.07) is 6.41. The van der Waals surface area contributed by atoms with Crippen molar-refractivity contribution in [2.75, 3.05) is 19.0 Å². The summed E-state index contributed by atoms with van der Waals surface area (Å²) >= 11 is 0. The molecule has 0 fully saturated rings. The third-order valence-electron chi connectivity index (χ3n) is 4.47. The quantitative estimate of drug-likeness (QED) is 0.707. The number of carbonyl (C=O) groups excluding carboxylic acids is 1. The molecule has 1 amide bonds. The lowest BCUT2D eigenvalue weighted by Gasteiger charge is -2.20. The fourth-order valence-electron chi connectivity index (χ4n) is 3.14. The third-order valence-corrected chi connectivity index (χ3v) is 4.47. The molecule has 0 atom stereocenters. The van der Waals surface area contributed by atoms with Gasteiger partial charge in [-0.3, -0.25) is 9.48 Å². The van der Waals surface area contributed by atoms with Crippen LogP contribution in [0.4, 0.5) is 10.2 Å². The molecule has 0 saturated heterocycles. The smallest absolute Gasteiger partial charge is 0.275 e. The summed E-state index contributed by atoms with van der Waals surface area (Å²) < 4.78 is 14.9. The van der Waals surface area contributed by atoms with E-state index >= 15 is 0 Å². The van der Waals surface area contributed by atoms with Gasteiger partial charge in [0.2, 0.25) is 0 Å². The highest BCUT2D eigenvalue weighted by Crippen LogP contribution is 2.28. The number of rotatable bonds is 4. The van der Waals surface area contributed by atoms with E-state index < -0.39 is 0 Å². The van der Waals surface area contributed by atoms with Crippen molar-refractivity contribution in [2.45, 2.75) is 19.6 Å². The fraction of sp³-hybridized carbons (Fsp3) is 0.263. The van der Waals surface area contributed by atoms with E-state index in [-0.39, 0.29) is 11.7 Å². The maximum atomic E-state index is 13.0. The number of hydrogen-bond acceptors (Lipinski definition) is 5. The van der Waals surface area contributed by atoms with Crippen molar-refractivity contribution in [2.24, 2.45) is 0 Å². The minimum absolute atomic E-state index is 0.177. The molecule has 7 nitrogen and oxygen atoms in total. The van der Waals surface area contributed by atoms with E-state index in [0.29, 0.717) is 31.1 Å². The van der Waals surface area contributed by atoms with Crippen LogP contribution in [-0.4, -0.2) is 44.7 Å². The molecule has 0 aliphatic carbocycles. The van der Waals surface area contributed by atoms with Gasteiger partial charge in [-0.1, -0.05) is 12.1 Å². The first-order chi connectivity index (χ1) is 13.0. The van der Waals surface area contributed by atoms with Gasteiger partial charge in [-0.25, -0.2) is 14.4 Å². The molecule has 1 aliphatic rings. The molecule has 1 aromatic carbocycles. The molecule has 0 bridgehead atoms. The molecule has 0 radical (unpaired) electrons. The molecule has 2 aromatic heterocycles. The highest BCUT2D eigenvalue weighted by atomic mass is 19.1. The van der Waals surface area contributed by atoms with Crippen LogP contribution in [0.3, 0.4) is 0 Å². The predicted molar refractivity (Wildman–Crippen MR) is 97.7 cm³/mol. The van der Waals surface area contributed by atoms with Crippen LogP contribution < -0.4 is 4.90 Å². The van der Waals surface area contributed by atoms with Crippen LogP contribution in [0, 0.1) is 5.82 Å². The number of halogens is 1. The molecule has 27 heavy (non-hydrogen) atoms. The maximum absolute atomic E-state index is 13.0. The summed E-state index contributed by atoms with van der Waals surface area (Å²) in [5.74, 6) is 0.146. The molecular weight excluding hydrogens is 347 g/mol. The molecule has 1 aliphatic heterocycles. The Morgan fingerprint density at radius 2 is 1.89 bits per heavy atom. The van der Waals surface area contributed by atoms with E-state index in [0.717, 1.165) is 16.8 Å². The number of anilines is 1. The van der Waals surface area contributed by atoms with Crippen LogP contribution in [0.1, 0.15) is 27.3 Å². The Morgan fingerprint density at radius 1 is 1.15 bits per heavy atom. The van der Waals surface area contributed by atoms with Gasteiger partial charge in [-0.15, -0.1) is 0 Å². The van der Waals surface area contributed by atoms with Crippen molar-refractivity contribution in [1.29, 1.82) is 0 Å². The lowest BCUT2D eigenvalue weighted by molar-refractivity contribution is 0.0822. The second-order valence-corrected chi connectivity index (χ2v) is 6.71. The second kappa shape index (κ2) is 6.79. The van der Waals surface area contributed by atoms with E-state index in [1.54, 1.807) is 32.4 Å². The largest absolute Gasteiger partial charge is 0.344 e. The van der Waals surface area contributed by atoms with Crippen molar-refractivity contribution in [3.8, 4) is 0 Å². The van der Waals surface area contributed by atoms with E-state index in [9.17, 15) is 9.18 Å². The normalized spacial score (nSPS) is 12.9. The highest BCUT2D eigenvalue weighted by Gasteiger charge is 2.28. The molecule has 0 unspecified atom stereocenters. The Labute approximate surface area is 156 Å². The molecule has 4 rings (SSSR count). The number of nitrogens with zero attached hydrogens (tertiary/aromatic N) is 6. The monoisotopic (exact) mass is 366 g/mol. The van der Waals surface area contributed by atoms with Crippen LogP contribution in [0.25, 0.3) is 0 Å². The summed E-state index contributed by atoms with van der Waals surface area (Å²) in [4.78, 5) is 24.5. The van der Waals surface area contributed by atoms with Crippen molar-refractivity contribution in [3.63, 3.8) is 0 Å². The minimum Gasteiger partial charge on any atom is -0.344 e. The first-order valence-electron chi connectivity index (χ1n) is 8.58. The number of aromatic nitrogens is 4. The van der Waals surface area contributed by atoms with Gasteiger partial charge in [0.25, 0.3) is 5.91 Å². The first-order valence-corrected chi connectivity index (χ1v) is 8.58. The molecular formula is C19H19FN6O. The van der Waals surface area contributed by atoms with E-state index in [2.05, 4.69) is 15.1 Å². The van der Waals surface area contributed by atoms with Crippen molar-refractivity contribution < 1.29 is 9.18 Å². The zero-order valence-corrected chi connectivity index (χ0v) is 15.1. The second-order valence-electron chi connectivity index (χ2n) is 6.71. The topological polar surface area (TPSA) is 67.2 Å². The zero-order chi connectivity index (χ0) is 19.0. The number of hydrogen-bond donors (Lipinski definition) is 0. The van der Waals surface area contributed by atoms with Gasteiger partial charge in [0.05, 0.1) is 18.8 Å². The molecule has 3 heterocycles. The van der Waals surface area contributed by atoms with Gasteiger partial charge in [0.15, 0.2) is 11.5 Å². The lowest BCUT2D eigenvalue weighted by Crippen LogP contribution is -2.27. The van der Waals surface area contributed by atoms with E-state index in [1.807, 2.05) is 15.8 Å². The Kier molecular flexibility index (Phi) is 4.31. The van der Waals surface area contributed by atoms with Gasteiger partial charge in [0, 0.05) is 44.8 Å². The molecule has 0 N–H and O–H groups in total. The third kappa shape index (κ3) is 3.38.